The molecule has 19 heavy (non-hydrogen) atoms. The standard InChI is InChI=1S/C16H26N2O/c1-3-15(13-19-2)17-12-14-6-8-16(9-7-14)18-10-4-5-11-18/h6-9,15,17H,3-5,10-13H2,1-2H3. The van der Waals surface area contributed by atoms with Crippen LogP contribution < -0.4 is 10.2 Å². The Bertz CT molecular complexity index is 358. The summed E-state index contributed by atoms with van der Waals surface area (Å²) in [4.78, 5) is 2.47. The normalized spacial score (nSPS) is 16.8. The summed E-state index contributed by atoms with van der Waals surface area (Å²) in [6, 6.07) is 9.42. The first-order valence-electron chi connectivity index (χ1n) is 7.39. The molecule has 0 bridgehead atoms. The van der Waals surface area contributed by atoms with E-state index in [1.54, 1.807) is 7.11 Å². The summed E-state index contributed by atoms with van der Waals surface area (Å²) in [5.41, 5.74) is 2.71. The minimum absolute atomic E-state index is 0.447. The molecule has 1 saturated heterocycles. The van der Waals surface area contributed by atoms with E-state index >= 15 is 0 Å². The van der Waals surface area contributed by atoms with Crippen LogP contribution in [0, 0.1) is 0 Å². The van der Waals surface area contributed by atoms with Crippen molar-refractivity contribution < 1.29 is 4.74 Å². The van der Waals surface area contributed by atoms with Crippen molar-refractivity contribution in [3.8, 4) is 0 Å². The Morgan fingerprint density at radius 3 is 2.47 bits per heavy atom. The van der Waals surface area contributed by atoms with Crippen LogP contribution in [-0.2, 0) is 11.3 Å². The number of benzene rings is 1. The van der Waals surface area contributed by atoms with Crippen LogP contribution in [0.4, 0.5) is 5.69 Å². The van der Waals surface area contributed by atoms with Gasteiger partial charge in [0.15, 0.2) is 0 Å². The second-order valence-corrected chi connectivity index (χ2v) is 5.30. The summed E-state index contributed by atoms with van der Waals surface area (Å²) >= 11 is 0. The lowest BCUT2D eigenvalue weighted by molar-refractivity contribution is 0.164. The quantitative estimate of drug-likeness (QED) is 0.818. The van der Waals surface area contributed by atoms with E-state index in [2.05, 4.69) is 41.4 Å². The first-order chi connectivity index (χ1) is 9.33. The maximum Gasteiger partial charge on any atom is 0.0615 e. The Balaban J connectivity index is 1.84. The SMILES string of the molecule is CCC(COC)NCc1ccc(N2CCCC2)cc1. The molecule has 1 aliphatic rings. The molecule has 1 aromatic rings. The second kappa shape index (κ2) is 7.51. The largest absolute Gasteiger partial charge is 0.383 e. The number of hydrogen-bond acceptors (Lipinski definition) is 3. The molecule has 1 atom stereocenters. The van der Waals surface area contributed by atoms with Crippen molar-refractivity contribution in [1.29, 1.82) is 0 Å². The molecule has 1 N–H and O–H groups in total. The number of rotatable bonds is 7. The summed E-state index contributed by atoms with van der Waals surface area (Å²) < 4.78 is 5.20. The minimum atomic E-state index is 0.447. The smallest absolute Gasteiger partial charge is 0.0615 e. The molecule has 1 fully saturated rings. The molecule has 0 spiro atoms. The van der Waals surface area contributed by atoms with Crippen molar-refractivity contribution in [3.05, 3.63) is 29.8 Å². The third kappa shape index (κ3) is 4.22. The first-order valence-corrected chi connectivity index (χ1v) is 7.39. The van der Waals surface area contributed by atoms with Gasteiger partial charge in [-0.3, -0.25) is 0 Å². The fourth-order valence-electron chi connectivity index (χ4n) is 2.58. The van der Waals surface area contributed by atoms with Crippen LogP contribution >= 0.6 is 0 Å². The zero-order valence-electron chi connectivity index (χ0n) is 12.2. The Morgan fingerprint density at radius 1 is 1.21 bits per heavy atom. The van der Waals surface area contributed by atoms with Crippen LogP contribution in [0.2, 0.25) is 0 Å². The number of anilines is 1. The molecule has 1 heterocycles. The van der Waals surface area contributed by atoms with Crippen molar-refractivity contribution in [1.82, 2.24) is 5.32 Å². The zero-order chi connectivity index (χ0) is 13.5. The highest BCUT2D eigenvalue weighted by Crippen LogP contribution is 2.20. The Hall–Kier alpha value is -1.06. The fraction of sp³-hybridized carbons (Fsp3) is 0.625. The van der Waals surface area contributed by atoms with Gasteiger partial charge in [-0.1, -0.05) is 19.1 Å². The predicted octanol–water partition coefficient (Wildman–Crippen LogP) is 2.80. The molecule has 0 amide bonds. The van der Waals surface area contributed by atoms with Gasteiger partial charge in [0.25, 0.3) is 0 Å². The average Bonchev–Trinajstić information content (AvgIpc) is 2.98. The van der Waals surface area contributed by atoms with Crippen LogP contribution in [-0.4, -0.2) is 32.8 Å². The number of methoxy groups -OCH3 is 1. The van der Waals surface area contributed by atoms with Gasteiger partial charge in [-0.25, -0.2) is 0 Å². The summed E-state index contributed by atoms with van der Waals surface area (Å²) in [6.07, 6.45) is 3.76. The highest BCUT2D eigenvalue weighted by Gasteiger charge is 2.11. The number of nitrogens with one attached hydrogen (secondary N) is 1. The van der Waals surface area contributed by atoms with Crippen LogP contribution in [0.15, 0.2) is 24.3 Å². The average molecular weight is 262 g/mol. The van der Waals surface area contributed by atoms with Gasteiger partial charge in [0.05, 0.1) is 6.61 Å². The number of hydrogen-bond donors (Lipinski definition) is 1. The van der Waals surface area contributed by atoms with E-state index in [9.17, 15) is 0 Å². The molecule has 0 saturated carbocycles. The molecule has 106 valence electrons. The monoisotopic (exact) mass is 262 g/mol. The third-order valence-corrected chi connectivity index (χ3v) is 3.86. The molecular formula is C16H26N2O. The summed E-state index contributed by atoms with van der Waals surface area (Å²) in [7, 11) is 1.76. The highest BCUT2D eigenvalue weighted by molar-refractivity contribution is 5.48. The van der Waals surface area contributed by atoms with E-state index in [-0.39, 0.29) is 0 Å². The molecule has 1 unspecified atom stereocenters. The van der Waals surface area contributed by atoms with Gasteiger partial charge in [-0.2, -0.15) is 0 Å². The van der Waals surface area contributed by atoms with Crippen molar-refractivity contribution >= 4 is 5.69 Å². The Morgan fingerprint density at radius 2 is 1.89 bits per heavy atom. The van der Waals surface area contributed by atoms with Crippen molar-refractivity contribution in [2.24, 2.45) is 0 Å². The van der Waals surface area contributed by atoms with E-state index in [0.29, 0.717) is 6.04 Å². The van der Waals surface area contributed by atoms with Gasteiger partial charge in [0.2, 0.25) is 0 Å². The topological polar surface area (TPSA) is 24.5 Å². The van der Waals surface area contributed by atoms with E-state index in [0.717, 1.165) is 19.6 Å². The lowest BCUT2D eigenvalue weighted by Gasteiger charge is -2.19. The summed E-state index contributed by atoms with van der Waals surface area (Å²) in [5, 5.41) is 3.54. The van der Waals surface area contributed by atoms with Crippen LogP contribution in [0.5, 0.6) is 0 Å². The maximum absolute atomic E-state index is 5.20. The Labute approximate surface area is 116 Å². The van der Waals surface area contributed by atoms with Crippen LogP contribution in [0.25, 0.3) is 0 Å². The first kappa shape index (κ1) is 14.4. The molecule has 1 aromatic carbocycles. The third-order valence-electron chi connectivity index (χ3n) is 3.86. The van der Waals surface area contributed by atoms with Gasteiger partial charge < -0.3 is 15.0 Å². The van der Waals surface area contributed by atoms with Crippen LogP contribution in [0.3, 0.4) is 0 Å². The number of ether oxygens (including phenoxy) is 1. The summed E-state index contributed by atoms with van der Waals surface area (Å²) in [6.45, 7) is 6.31. The minimum Gasteiger partial charge on any atom is -0.383 e. The molecule has 0 radical (unpaired) electrons. The summed E-state index contributed by atoms with van der Waals surface area (Å²) in [5.74, 6) is 0. The van der Waals surface area contributed by atoms with Gasteiger partial charge in [-0.15, -0.1) is 0 Å². The van der Waals surface area contributed by atoms with Crippen molar-refractivity contribution in [3.63, 3.8) is 0 Å². The van der Waals surface area contributed by atoms with Crippen molar-refractivity contribution in [2.75, 3.05) is 31.7 Å². The van der Waals surface area contributed by atoms with Crippen LogP contribution in [0.1, 0.15) is 31.7 Å². The lowest BCUT2D eigenvalue weighted by atomic mass is 10.1. The lowest BCUT2D eigenvalue weighted by Crippen LogP contribution is -2.32. The molecule has 3 heteroatoms. The molecule has 0 aromatic heterocycles. The fourth-order valence-corrected chi connectivity index (χ4v) is 2.58. The van der Waals surface area contributed by atoms with E-state index in [1.165, 1.54) is 37.2 Å². The maximum atomic E-state index is 5.20. The molecule has 3 nitrogen and oxygen atoms in total. The molecular weight excluding hydrogens is 236 g/mol. The molecule has 1 aliphatic heterocycles. The van der Waals surface area contributed by atoms with Gasteiger partial charge >= 0.3 is 0 Å². The van der Waals surface area contributed by atoms with Crippen molar-refractivity contribution in [2.45, 2.75) is 38.8 Å². The second-order valence-electron chi connectivity index (χ2n) is 5.30. The van der Waals surface area contributed by atoms with E-state index in [4.69, 9.17) is 4.74 Å². The number of nitrogens with zero attached hydrogens (tertiary/aromatic N) is 1. The van der Waals surface area contributed by atoms with Gasteiger partial charge in [-0.05, 0) is 37.0 Å². The van der Waals surface area contributed by atoms with E-state index in [1.807, 2.05) is 0 Å². The van der Waals surface area contributed by atoms with Gasteiger partial charge in [0.1, 0.15) is 0 Å². The zero-order valence-corrected chi connectivity index (χ0v) is 12.2. The highest BCUT2D eigenvalue weighted by atomic mass is 16.5. The predicted molar refractivity (Wildman–Crippen MR) is 80.7 cm³/mol. The molecule has 0 aliphatic carbocycles. The van der Waals surface area contributed by atoms with E-state index < -0.39 is 0 Å². The van der Waals surface area contributed by atoms with Gasteiger partial charge in [0, 0.05) is 38.5 Å². The Kier molecular flexibility index (Phi) is 5.67. The molecule has 2 rings (SSSR count).